The second-order valence-corrected chi connectivity index (χ2v) is 8.19. The summed E-state index contributed by atoms with van der Waals surface area (Å²) in [7, 11) is 1.43. The van der Waals surface area contributed by atoms with Gasteiger partial charge in [-0.25, -0.2) is 13.8 Å². The monoisotopic (exact) mass is 517 g/mol. The SMILES string of the molecule is CCOC(=O)C1CCC(Oc2cc(OC)c(NC(=O)c3nnc(Nc4ccc(F)c(F)c4)o3)cn2)CC1. The van der Waals surface area contributed by atoms with Crippen molar-refractivity contribution in [2.75, 3.05) is 24.4 Å². The van der Waals surface area contributed by atoms with Gasteiger partial charge in [0.25, 0.3) is 0 Å². The molecule has 2 heterocycles. The quantitative estimate of drug-likeness (QED) is 0.396. The van der Waals surface area contributed by atoms with Gasteiger partial charge in [-0.15, -0.1) is 5.10 Å². The number of anilines is 3. The Kier molecular flexibility index (Phi) is 8.11. The van der Waals surface area contributed by atoms with Crippen LogP contribution in [-0.4, -0.2) is 46.9 Å². The van der Waals surface area contributed by atoms with Crippen LogP contribution in [-0.2, 0) is 9.53 Å². The first-order valence-electron chi connectivity index (χ1n) is 11.6. The van der Waals surface area contributed by atoms with E-state index in [1.807, 2.05) is 0 Å². The summed E-state index contributed by atoms with van der Waals surface area (Å²) in [5.74, 6) is -2.87. The number of carbonyl (C=O) groups is 2. The lowest BCUT2D eigenvalue weighted by molar-refractivity contribution is -0.149. The van der Waals surface area contributed by atoms with Crippen LogP contribution >= 0.6 is 0 Å². The molecular weight excluding hydrogens is 492 g/mol. The van der Waals surface area contributed by atoms with E-state index in [9.17, 15) is 18.4 Å². The van der Waals surface area contributed by atoms with Crippen LogP contribution in [0.15, 0.2) is 34.9 Å². The standard InChI is InChI=1S/C24H25F2N5O6/c1-3-35-23(33)13-4-7-15(8-5-13)36-20-11-19(34-2)18(12-27-20)29-21(32)22-30-31-24(37-22)28-14-6-9-16(25)17(26)10-14/h6,9-13,15H,3-5,7-8H2,1-2H3,(H,28,31)(H,29,32). The smallest absolute Gasteiger partial charge is 0.320 e. The number of amides is 1. The van der Waals surface area contributed by atoms with Crippen LogP contribution < -0.4 is 20.1 Å². The van der Waals surface area contributed by atoms with Crippen molar-refractivity contribution in [3.63, 3.8) is 0 Å². The summed E-state index contributed by atoms with van der Waals surface area (Å²) in [6.45, 7) is 2.15. The molecule has 13 heteroatoms. The fraction of sp³-hybridized carbons (Fsp3) is 0.375. The van der Waals surface area contributed by atoms with Gasteiger partial charge >= 0.3 is 23.8 Å². The summed E-state index contributed by atoms with van der Waals surface area (Å²) in [5, 5.41) is 12.5. The highest BCUT2D eigenvalue weighted by molar-refractivity contribution is 6.01. The summed E-state index contributed by atoms with van der Waals surface area (Å²) in [6, 6.07) is 4.46. The molecule has 2 aromatic heterocycles. The van der Waals surface area contributed by atoms with Gasteiger partial charge in [0.15, 0.2) is 11.6 Å². The van der Waals surface area contributed by atoms with Crippen molar-refractivity contribution in [2.45, 2.75) is 38.7 Å². The molecule has 37 heavy (non-hydrogen) atoms. The second-order valence-electron chi connectivity index (χ2n) is 8.19. The average molecular weight is 517 g/mol. The van der Waals surface area contributed by atoms with E-state index in [0.717, 1.165) is 12.1 Å². The summed E-state index contributed by atoms with van der Waals surface area (Å²) >= 11 is 0. The van der Waals surface area contributed by atoms with Crippen LogP contribution in [0.1, 0.15) is 43.3 Å². The Morgan fingerprint density at radius 2 is 1.89 bits per heavy atom. The Morgan fingerprint density at radius 1 is 1.11 bits per heavy atom. The predicted molar refractivity (Wildman–Crippen MR) is 126 cm³/mol. The molecule has 196 valence electrons. The largest absolute Gasteiger partial charge is 0.494 e. The predicted octanol–water partition coefficient (Wildman–Crippen LogP) is 4.25. The molecule has 1 saturated carbocycles. The Balaban J connectivity index is 1.34. The molecule has 0 saturated heterocycles. The first-order valence-corrected chi connectivity index (χ1v) is 11.6. The Bertz CT molecular complexity index is 1260. The van der Waals surface area contributed by atoms with Gasteiger partial charge in [0.2, 0.25) is 5.88 Å². The Morgan fingerprint density at radius 3 is 2.59 bits per heavy atom. The average Bonchev–Trinajstić information content (AvgIpc) is 3.36. The number of methoxy groups -OCH3 is 1. The summed E-state index contributed by atoms with van der Waals surface area (Å²) in [4.78, 5) is 28.7. The molecular formula is C24H25F2N5O6. The molecule has 3 aromatic rings. The number of halogens is 2. The topological polar surface area (TPSA) is 138 Å². The lowest BCUT2D eigenvalue weighted by Gasteiger charge is -2.27. The number of nitrogens with one attached hydrogen (secondary N) is 2. The summed E-state index contributed by atoms with van der Waals surface area (Å²) in [6.07, 6.45) is 3.97. The molecule has 0 bridgehead atoms. The van der Waals surface area contributed by atoms with E-state index in [2.05, 4.69) is 25.8 Å². The third kappa shape index (κ3) is 6.48. The minimum absolute atomic E-state index is 0.109. The van der Waals surface area contributed by atoms with Crippen molar-refractivity contribution in [2.24, 2.45) is 5.92 Å². The van der Waals surface area contributed by atoms with Gasteiger partial charge < -0.3 is 29.3 Å². The van der Waals surface area contributed by atoms with Gasteiger partial charge in [0.1, 0.15) is 17.5 Å². The maximum atomic E-state index is 13.4. The highest BCUT2D eigenvalue weighted by atomic mass is 19.2. The molecule has 0 aliphatic heterocycles. The zero-order valence-electron chi connectivity index (χ0n) is 20.1. The number of hydrogen-bond acceptors (Lipinski definition) is 10. The fourth-order valence-corrected chi connectivity index (χ4v) is 3.83. The third-order valence-corrected chi connectivity index (χ3v) is 5.68. The summed E-state index contributed by atoms with van der Waals surface area (Å²) < 4.78 is 48.1. The molecule has 4 rings (SSSR count). The first kappa shape index (κ1) is 25.8. The minimum atomic E-state index is -1.06. The molecule has 2 N–H and O–H groups in total. The highest BCUT2D eigenvalue weighted by Gasteiger charge is 2.28. The number of pyridine rings is 1. The molecule has 0 radical (unpaired) electrons. The number of esters is 1. The van der Waals surface area contributed by atoms with Gasteiger partial charge in [-0.1, -0.05) is 5.10 Å². The number of nitrogens with zero attached hydrogens (tertiary/aromatic N) is 3. The van der Waals surface area contributed by atoms with Crippen LogP contribution in [0, 0.1) is 17.6 Å². The van der Waals surface area contributed by atoms with Gasteiger partial charge in [-0.2, -0.15) is 0 Å². The van der Waals surface area contributed by atoms with Crippen LogP contribution in [0.25, 0.3) is 0 Å². The van der Waals surface area contributed by atoms with E-state index in [-0.39, 0.29) is 41.3 Å². The lowest BCUT2D eigenvalue weighted by Crippen LogP contribution is -2.29. The van der Waals surface area contributed by atoms with Gasteiger partial charge in [0, 0.05) is 17.8 Å². The summed E-state index contributed by atoms with van der Waals surface area (Å²) in [5.41, 5.74) is 0.393. The van der Waals surface area contributed by atoms with E-state index in [4.69, 9.17) is 18.6 Å². The Labute approximate surface area is 210 Å². The maximum Gasteiger partial charge on any atom is 0.320 e. The van der Waals surface area contributed by atoms with E-state index < -0.39 is 17.5 Å². The molecule has 1 aliphatic rings. The number of aromatic nitrogens is 3. The number of ether oxygens (including phenoxy) is 3. The maximum absolute atomic E-state index is 13.4. The van der Waals surface area contributed by atoms with E-state index in [1.54, 1.807) is 6.92 Å². The van der Waals surface area contributed by atoms with Crippen molar-refractivity contribution >= 4 is 29.3 Å². The van der Waals surface area contributed by atoms with E-state index >= 15 is 0 Å². The second kappa shape index (κ2) is 11.6. The molecule has 0 spiro atoms. The third-order valence-electron chi connectivity index (χ3n) is 5.68. The normalized spacial score (nSPS) is 17.1. The number of benzene rings is 1. The van der Waals surface area contributed by atoms with Gasteiger partial charge in [0.05, 0.1) is 25.8 Å². The molecule has 1 aromatic carbocycles. The van der Waals surface area contributed by atoms with Crippen LogP contribution in [0.3, 0.4) is 0 Å². The van der Waals surface area contributed by atoms with Crippen molar-refractivity contribution in [1.82, 2.24) is 15.2 Å². The number of hydrogen-bond donors (Lipinski definition) is 2. The van der Waals surface area contributed by atoms with Crippen molar-refractivity contribution < 1.29 is 37.0 Å². The highest BCUT2D eigenvalue weighted by Crippen LogP contribution is 2.31. The molecule has 0 atom stereocenters. The molecule has 0 unspecified atom stereocenters. The lowest BCUT2D eigenvalue weighted by atomic mass is 9.87. The number of rotatable bonds is 9. The fourth-order valence-electron chi connectivity index (χ4n) is 3.83. The number of carbonyl (C=O) groups excluding carboxylic acids is 2. The van der Waals surface area contributed by atoms with Gasteiger partial charge in [-0.05, 0) is 44.7 Å². The first-order chi connectivity index (χ1) is 17.9. The van der Waals surface area contributed by atoms with Crippen molar-refractivity contribution in [3.05, 3.63) is 48.0 Å². The van der Waals surface area contributed by atoms with Crippen LogP contribution in [0.5, 0.6) is 11.6 Å². The van der Waals surface area contributed by atoms with Crippen molar-refractivity contribution in [1.29, 1.82) is 0 Å². The molecule has 1 fully saturated rings. The van der Waals surface area contributed by atoms with Crippen LogP contribution in [0.4, 0.5) is 26.2 Å². The zero-order valence-corrected chi connectivity index (χ0v) is 20.1. The van der Waals surface area contributed by atoms with Gasteiger partial charge in [-0.3, -0.25) is 9.59 Å². The molecule has 11 nitrogen and oxygen atoms in total. The minimum Gasteiger partial charge on any atom is -0.494 e. The van der Waals surface area contributed by atoms with Crippen LogP contribution in [0.2, 0.25) is 0 Å². The van der Waals surface area contributed by atoms with Crippen molar-refractivity contribution in [3.8, 4) is 11.6 Å². The Hall–Kier alpha value is -4.29. The molecule has 1 amide bonds. The molecule has 1 aliphatic carbocycles. The van der Waals surface area contributed by atoms with E-state index in [0.29, 0.717) is 43.9 Å². The van der Waals surface area contributed by atoms with E-state index in [1.165, 1.54) is 25.4 Å². The zero-order chi connectivity index (χ0) is 26.4.